The van der Waals surface area contributed by atoms with Crippen LogP contribution in [0.1, 0.15) is 11.6 Å². The van der Waals surface area contributed by atoms with E-state index < -0.39 is 0 Å². The molecule has 10 heteroatoms. The van der Waals surface area contributed by atoms with E-state index in [4.69, 9.17) is 15.6 Å². The number of aryl methyl sites for hydroxylation is 1. The fourth-order valence-electron chi connectivity index (χ4n) is 4.00. The number of ether oxygens (including phenoxy) is 1. The van der Waals surface area contributed by atoms with Crippen molar-refractivity contribution in [1.29, 1.82) is 0 Å². The lowest BCUT2D eigenvalue weighted by Crippen LogP contribution is -2.50. The number of aromatic amines is 1. The predicted molar refractivity (Wildman–Crippen MR) is 120 cm³/mol. The molecular weight excluding hydrogens is 416 g/mol. The van der Waals surface area contributed by atoms with Gasteiger partial charge in [-0.3, -0.25) is 14.3 Å². The first-order chi connectivity index (χ1) is 14.9. The molecule has 0 bridgehead atoms. The normalized spacial score (nSPS) is 14.2. The number of amides is 1. The number of hydrogen-bond donors (Lipinski definition) is 2. The summed E-state index contributed by atoms with van der Waals surface area (Å²) < 4.78 is 8.21. The average Bonchev–Trinajstić information content (AvgIpc) is 3.31. The Labute approximate surface area is 180 Å². The number of rotatable bonds is 4. The number of nitrogens with one attached hydrogen (secondary N) is 1. The van der Waals surface area contributed by atoms with Crippen molar-refractivity contribution in [2.45, 2.75) is 13.0 Å². The van der Waals surface area contributed by atoms with Gasteiger partial charge in [-0.05, 0) is 36.1 Å². The summed E-state index contributed by atoms with van der Waals surface area (Å²) in [5.41, 5.74) is 7.85. The molecule has 4 heterocycles. The largest absolute Gasteiger partial charge is 0.495 e. The molecule has 0 aliphatic carbocycles. The Morgan fingerprint density at radius 3 is 2.87 bits per heavy atom. The number of nitrogens with zero attached hydrogens (tertiary/aromatic N) is 4. The van der Waals surface area contributed by atoms with Gasteiger partial charge in [0.15, 0.2) is 5.82 Å². The number of nitrogens with two attached hydrogens (primary N) is 1. The minimum absolute atomic E-state index is 0.130. The number of carbonyl (C=O) groups excluding carboxylic acids is 1. The van der Waals surface area contributed by atoms with Gasteiger partial charge in [-0.1, -0.05) is 12.6 Å². The van der Waals surface area contributed by atoms with Crippen LogP contribution in [0.2, 0.25) is 0 Å². The van der Waals surface area contributed by atoms with E-state index in [1.54, 1.807) is 16.7 Å². The molecule has 1 aliphatic rings. The number of carbonyl (C=O) groups is 1. The van der Waals surface area contributed by atoms with Crippen molar-refractivity contribution in [3.8, 4) is 16.3 Å². The van der Waals surface area contributed by atoms with Crippen LogP contribution in [0.4, 0.5) is 5.82 Å². The molecule has 0 unspecified atom stereocenters. The van der Waals surface area contributed by atoms with Crippen LogP contribution in [0.25, 0.3) is 31.6 Å². The molecule has 0 atom stereocenters. The molecule has 1 aromatic carbocycles. The second kappa shape index (κ2) is 6.95. The summed E-state index contributed by atoms with van der Waals surface area (Å²) in [6.07, 6.45) is 1.28. The predicted octanol–water partition coefficient (Wildman–Crippen LogP) is 2.47. The first-order valence-corrected chi connectivity index (χ1v) is 10.5. The summed E-state index contributed by atoms with van der Waals surface area (Å²) >= 11 is 1.53. The van der Waals surface area contributed by atoms with Crippen LogP contribution < -0.4 is 16.0 Å². The molecule has 158 valence electrons. The standard InChI is InChI=1S/C21H20N6O3S/c1-4-15(28)26-8-12(9-26)27-18-16(20(22)23-24-21(18)29)17(25-27)14-7-11-5-10(2)6-13(30-3)19(11)31-14/h4-7,12H,1,8-9H2,2-3H3,(H2,22,23)(H,24,29). The van der Waals surface area contributed by atoms with E-state index in [1.165, 1.54) is 17.4 Å². The first-order valence-electron chi connectivity index (χ1n) is 9.67. The van der Waals surface area contributed by atoms with Gasteiger partial charge < -0.3 is 15.4 Å². The second-order valence-electron chi connectivity index (χ2n) is 7.55. The quantitative estimate of drug-likeness (QED) is 0.474. The summed E-state index contributed by atoms with van der Waals surface area (Å²) in [5, 5.41) is 12.7. The molecule has 0 spiro atoms. The molecule has 3 N–H and O–H groups in total. The smallest absolute Gasteiger partial charge is 0.290 e. The zero-order valence-corrected chi connectivity index (χ0v) is 17.8. The molecule has 0 saturated carbocycles. The Bertz CT molecular complexity index is 1430. The third-order valence-corrected chi connectivity index (χ3v) is 6.71. The molecule has 4 aromatic rings. The molecular formula is C21H20N6O3S. The molecule has 1 aliphatic heterocycles. The number of H-pyrrole nitrogens is 1. The van der Waals surface area contributed by atoms with E-state index in [9.17, 15) is 9.59 Å². The highest BCUT2D eigenvalue weighted by Crippen LogP contribution is 2.42. The number of benzene rings is 1. The van der Waals surface area contributed by atoms with E-state index in [2.05, 4.69) is 22.8 Å². The minimum Gasteiger partial charge on any atom is -0.495 e. The lowest BCUT2D eigenvalue weighted by atomic mass is 10.1. The molecule has 1 saturated heterocycles. The number of likely N-dealkylation sites (tertiary alicyclic amines) is 1. The van der Waals surface area contributed by atoms with E-state index >= 15 is 0 Å². The van der Waals surface area contributed by atoms with E-state index in [0.717, 1.165) is 26.3 Å². The van der Waals surface area contributed by atoms with Gasteiger partial charge in [-0.2, -0.15) is 10.2 Å². The van der Waals surface area contributed by atoms with Crippen LogP contribution in [0.15, 0.2) is 35.6 Å². The van der Waals surface area contributed by atoms with Gasteiger partial charge in [0.05, 0.1) is 28.1 Å². The zero-order valence-electron chi connectivity index (χ0n) is 17.0. The molecule has 3 aromatic heterocycles. The van der Waals surface area contributed by atoms with E-state index in [-0.39, 0.29) is 23.3 Å². The van der Waals surface area contributed by atoms with Crippen molar-refractivity contribution in [3.05, 3.63) is 46.8 Å². The Balaban J connectivity index is 1.69. The molecule has 5 rings (SSSR count). The van der Waals surface area contributed by atoms with Gasteiger partial charge >= 0.3 is 0 Å². The summed E-state index contributed by atoms with van der Waals surface area (Å²) in [7, 11) is 1.64. The first kappa shape index (κ1) is 19.3. The summed E-state index contributed by atoms with van der Waals surface area (Å²) in [6, 6.07) is 5.96. The van der Waals surface area contributed by atoms with Gasteiger partial charge in [-0.25, -0.2) is 5.10 Å². The Morgan fingerprint density at radius 1 is 1.39 bits per heavy atom. The maximum absolute atomic E-state index is 12.7. The topological polar surface area (TPSA) is 119 Å². The number of aromatic nitrogens is 4. The molecule has 1 fully saturated rings. The Morgan fingerprint density at radius 2 is 2.16 bits per heavy atom. The van der Waals surface area contributed by atoms with Gasteiger partial charge in [-0.15, -0.1) is 11.3 Å². The van der Waals surface area contributed by atoms with E-state index in [0.29, 0.717) is 29.7 Å². The number of hydrogen-bond acceptors (Lipinski definition) is 7. The summed E-state index contributed by atoms with van der Waals surface area (Å²) in [6.45, 7) is 6.42. The number of methoxy groups -OCH3 is 1. The molecule has 9 nitrogen and oxygen atoms in total. The van der Waals surface area contributed by atoms with Crippen molar-refractivity contribution in [3.63, 3.8) is 0 Å². The fraction of sp³-hybridized carbons (Fsp3) is 0.238. The van der Waals surface area contributed by atoms with Crippen molar-refractivity contribution < 1.29 is 9.53 Å². The summed E-state index contributed by atoms with van der Waals surface area (Å²) in [5.74, 6) is 0.848. The van der Waals surface area contributed by atoms with E-state index in [1.807, 2.05) is 19.1 Å². The third-order valence-electron chi connectivity index (χ3n) is 5.53. The highest BCUT2D eigenvalue weighted by atomic mass is 32.1. The number of thiophene rings is 1. The van der Waals surface area contributed by atoms with Gasteiger partial charge in [0, 0.05) is 13.1 Å². The lowest BCUT2D eigenvalue weighted by Gasteiger charge is -2.38. The van der Waals surface area contributed by atoms with Crippen molar-refractivity contribution >= 4 is 44.1 Å². The van der Waals surface area contributed by atoms with Crippen LogP contribution in [-0.2, 0) is 4.79 Å². The molecule has 0 radical (unpaired) electrons. The Hall–Kier alpha value is -3.66. The van der Waals surface area contributed by atoms with Gasteiger partial charge in [0.25, 0.3) is 5.56 Å². The van der Waals surface area contributed by atoms with Crippen LogP contribution in [-0.4, -0.2) is 51.0 Å². The molecule has 1 amide bonds. The third kappa shape index (κ3) is 2.90. The van der Waals surface area contributed by atoms with Crippen molar-refractivity contribution in [2.75, 3.05) is 25.9 Å². The Kier molecular flexibility index (Phi) is 4.33. The maximum Gasteiger partial charge on any atom is 0.290 e. The lowest BCUT2D eigenvalue weighted by molar-refractivity contribution is -0.131. The van der Waals surface area contributed by atoms with Crippen LogP contribution in [0.3, 0.4) is 0 Å². The van der Waals surface area contributed by atoms with Gasteiger partial charge in [0.2, 0.25) is 5.91 Å². The highest BCUT2D eigenvalue weighted by molar-refractivity contribution is 7.22. The highest BCUT2D eigenvalue weighted by Gasteiger charge is 2.34. The average molecular weight is 436 g/mol. The number of nitrogen functional groups attached to an aromatic ring is 1. The van der Waals surface area contributed by atoms with Gasteiger partial charge in [0.1, 0.15) is 17.0 Å². The number of fused-ring (bicyclic) bond motifs is 2. The minimum atomic E-state index is -0.369. The van der Waals surface area contributed by atoms with Crippen LogP contribution in [0, 0.1) is 6.92 Å². The zero-order chi connectivity index (χ0) is 21.9. The fourth-order valence-corrected chi connectivity index (χ4v) is 5.13. The van der Waals surface area contributed by atoms with Crippen molar-refractivity contribution in [2.24, 2.45) is 0 Å². The SMILES string of the molecule is C=CC(=O)N1CC(n2nc(-c3cc4cc(C)cc(OC)c4s3)c3c(N)n[nH]c(=O)c32)C1. The molecule has 31 heavy (non-hydrogen) atoms. The van der Waals surface area contributed by atoms with Crippen molar-refractivity contribution in [1.82, 2.24) is 24.9 Å². The van der Waals surface area contributed by atoms with Crippen LogP contribution in [0.5, 0.6) is 5.75 Å². The van der Waals surface area contributed by atoms with Crippen LogP contribution >= 0.6 is 11.3 Å². The maximum atomic E-state index is 12.7. The monoisotopic (exact) mass is 436 g/mol. The summed E-state index contributed by atoms with van der Waals surface area (Å²) in [4.78, 5) is 27.0. The number of anilines is 1. The second-order valence-corrected chi connectivity index (χ2v) is 8.60.